The molecular weight excluding hydrogens is 319 g/mol. The van der Waals surface area contributed by atoms with Crippen molar-refractivity contribution in [2.45, 2.75) is 38.7 Å². The summed E-state index contributed by atoms with van der Waals surface area (Å²) in [4.78, 5) is 9.80. The summed E-state index contributed by atoms with van der Waals surface area (Å²) < 4.78 is 20.1. The summed E-state index contributed by atoms with van der Waals surface area (Å²) in [5.41, 5.74) is 0.378. The van der Waals surface area contributed by atoms with Crippen LogP contribution in [0.5, 0.6) is 5.75 Å². The van der Waals surface area contributed by atoms with Gasteiger partial charge in [0.25, 0.3) is 0 Å². The van der Waals surface area contributed by atoms with Crippen LogP contribution in [0.15, 0.2) is 42.3 Å². The van der Waals surface area contributed by atoms with E-state index in [1.165, 1.54) is 6.07 Å². The van der Waals surface area contributed by atoms with Crippen molar-refractivity contribution in [3.63, 3.8) is 0 Å². The Balaban J connectivity index is 1.35. The van der Waals surface area contributed by atoms with E-state index in [1.54, 1.807) is 12.3 Å². The van der Waals surface area contributed by atoms with E-state index in [0.717, 1.165) is 55.7 Å². The summed E-state index contributed by atoms with van der Waals surface area (Å²) in [7, 11) is 0. The zero-order valence-electron chi connectivity index (χ0n) is 14.5. The molecule has 5 heteroatoms. The highest BCUT2D eigenvalue weighted by atomic mass is 19.1. The molecule has 0 radical (unpaired) electrons. The molecule has 25 heavy (non-hydrogen) atoms. The minimum atomic E-state index is -0.304. The first-order chi connectivity index (χ1) is 12.2. The summed E-state index contributed by atoms with van der Waals surface area (Å²) in [6, 6.07) is 6.84. The summed E-state index contributed by atoms with van der Waals surface area (Å²) in [5.74, 6) is 2.07. The minimum absolute atomic E-state index is 0.185. The summed E-state index contributed by atoms with van der Waals surface area (Å²) in [6.07, 6.45) is 8.20. The smallest absolute Gasteiger partial charge is 0.149 e. The minimum Gasteiger partial charge on any atom is -0.490 e. The third kappa shape index (κ3) is 3.61. The SMILES string of the molecule is CC1=CCN(CC2CCC(Oc3ccnc4c(F)cccc34)CC2)O1. The highest BCUT2D eigenvalue weighted by Crippen LogP contribution is 2.32. The van der Waals surface area contributed by atoms with Gasteiger partial charge in [-0.3, -0.25) is 4.98 Å². The highest BCUT2D eigenvalue weighted by molar-refractivity contribution is 5.85. The lowest BCUT2D eigenvalue weighted by Crippen LogP contribution is -2.31. The zero-order chi connectivity index (χ0) is 17.2. The van der Waals surface area contributed by atoms with E-state index in [1.807, 2.05) is 24.1 Å². The van der Waals surface area contributed by atoms with E-state index < -0.39 is 0 Å². The van der Waals surface area contributed by atoms with Crippen LogP contribution in [0.2, 0.25) is 0 Å². The quantitative estimate of drug-likeness (QED) is 0.821. The predicted octanol–water partition coefficient (Wildman–Crippen LogP) is 4.46. The van der Waals surface area contributed by atoms with Gasteiger partial charge in [0.2, 0.25) is 0 Å². The Morgan fingerprint density at radius 2 is 2.08 bits per heavy atom. The van der Waals surface area contributed by atoms with Crippen LogP contribution in [0.3, 0.4) is 0 Å². The van der Waals surface area contributed by atoms with Crippen LogP contribution >= 0.6 is 0 Å². The van der Waals surface area contributed by atoms with Gasteiger partial charge in [-0.05, 0) is 62.8 Å². The number of para-hydroxylation sites is 1. The van der Waals surface area contributed by atoms with Gasteiger partial charge in [0.05, 0.1) is 12.6 Å². The van der Waals surface area contributed by atoms with Gasteiger partial charge in [0.1, 0.15) is 22.8 Å². The van der Waals surface area contributed by atoms with Crippen LogP contribution in [0.4, 0.5) is 4.39 Å². The second-order valence-corrected chi connectivity index (χ2v) is 6.96. The molecule has 1 fully saturated rings. The van der Waals surface area contributed by atoms with Crippen molar-refractivity contribution in [3.05, 3.63) is 48.1 Å². The van der Waals surface area contributed by atoms with E-state index in [4.69, 9.17) is 9.57 Å². The van der Waals surface area contributed by atoms with E-state index >= 15 is 0 Å². The molecule has 4 nitrogen and oxygen atoms in total. The Kier molecular flexibility index (Phi) is 4.57. The van der Waals surface area contributed by atoms with Crippen LogP contribution in [-0.2, 0) is 4.84 Å². The first-order valence-electron chi connectivity index (χ1n) is 8.98. The largest absolute Gasteiger partial charge is 0.490 e. The summed E-state index contributed by atoms with van der Waals surface area (Å²) >= 11 is 0. The molecule has 0 spiro atoms. The van der Waals surface area contributed by atoms with Crippen LogP contribution in [0.25, 0.3) is 10.9 Å². The van der Waals surface area contributed by atoms with E-state index in [9.17, 15) is 4.39 Å². The van der Waals surface area contributed by atoms with Crippen LogP contribution in [0, 0.1) is 11.7 Å². The molecule has 1 aliphatic carbocycles. The van der Waals surface area contributed by atoms with Crippen LogP contribution in [-0.4, -0.2) is 29.2 Å². The van der Waals surface area contributed by atoms with Gasteiger partial charge in [-0.25, -0.2) is 4.39 Å². The van der Waals surface area contributed by atoms with Crippen molar-refractivity contribution in [1.82, 2.24) is 10.0 Å². The number of hydrogen-bond donors (Lipinski definition) is 0. The Labute approximate surface area is 147 Å². The number of hydrogen-bond acceptors (Lipinski definition) is 4. The predicted molar refractivity (Wildman–Crippen MR) is 94.5 cm³/mol. The number of pyridine rings is 1. The molecule has 0 N–H and O–H groups in total. The van der Waals surface area contributed by atoms with Gasteiger partial charge >= 0.3 is 0 Å². The van der Waals surface area contributed by atoms with E-state index in [2.05, 4.69) is 11.1 Å². The maximum Gasteiger partial charge on any atom is 0.149 e. The molecule has 0 bridgehead atoms. The Morgan fingerprint density at radius 1 is 1.24 bits per heavy atom. The lowest BCUT2D eigenvalue weighted by Gasteiger charge is -2.31. The average molecular weight is 342 g/mol. The maximum atomic E-state index is 13.9. The number of benzene rings is 1. The third-order valence-corrected chi connectivity index (χ3v) is 5.09. The fourth-order valence-corrected chi connectivity index (χ4v) is 3.74. The molecule has 2 heterocycles. The number of allylic oxidation sites excluding steroid dienone is 1. The van der Waals surface area contributed by atoms with E-state index in [-0.39, 0.29) is 11.9 Å². The topological polar surface area (TPSA) is 34.6 Å². The molecule has 0 amide bonds. The van der Waals surface area contributed by atoms with E-state index in [0.29, 0.717) is 11.4 Å². The Hall–Kier alpha value is -2.14. The van der Waals surface area contributed by atoms with Gasteiger partial charge in [0.15, 0.2) is 0 Å². The fourth-order valence-electron chi connectivity index (χ4n) is 3.74. The first kappa shape index (κ1) is 16.3. The van der Waals surface area contributed by atoms with Crippen molar-refractivity contribution < 1.29 is 14.0 Å². The molecule has 1 saturated carbocycles. The molecule has 4 rings (SSSR count). The molecule has 0 saturated heterocycles. The molecular formula is C20H23FN2O2. The van der Waals surface area contributed by atoms with Gasteiger partial charge < -0.3 is 9.57 Å². The maximum absolute atomic E-state index is 13.9. The molecule has 2 aliphatic rings. The van der Waals surface area contributed by atoms with Crippen molar-refractivity contribution in [3.8, 4) is 5.75 Å². The molecule has 0 unspecified atom stereocenters. The van der Waals surface area contributed by atoms with Gasteiger partial charge in [0, 0.05) is 18.1 Å². The molecule has 2 aromatic rings. The average Bonchev–Trinajstić information content (AvgIpc) is 3.02. The number of halogens is 1. The highest BCUT2D eigenvalue weighted by Gasteiger charge is 2.26. The number of ether oxygens (including phenoxy) is 1. The number of rotatable bonds is 4. The third-order valence-electron chi connectivity index (χ3n) is 5.09. The van der Waals surface area contributed by atoms with Crippen molar-refractivity contribution in [2.24, 2.45) is 5.92 Å². The molecule has 0 atom stereocenters. The second-order valence-electron chi connectivity index (χ2n) is 6.96. The van der Waals surface area contributed by atoms with Crippen LogP contribution < -0.4 is 4.74 Å². The van der Waals surface area contributed by atoms with Crippen LogP contribution in [0.1, 0.15) is 32.6 Å². The van der Waals surface area contributed by atoms with Crippen molar-refractivity contribution >= 4 is 10.9 Å². The van der Waals surface area contributed by atoms with Gasteiger partial charge in [-0.1, -0.05) is 6.07 Å². The number of nitrogens with zero attached hydrogens (tertiary/aromatic N) is 2. The fraction of sp³-hybridized carbons (Fsp3) is 0.450. The lowest BCUT2D eigenvalue weighted by molar-refractivity contribution is -0.104. The van der Waals surface area contributed by atoms with Gasteiger partial charge in [-0.15, -0.1) is 5.06 Å². The number of aromatic nitrogens is 1. The van der Waals surface area contributed by atoms with Gasteiger partial charge in [-0.2, -0.15) is 0 Å². The lowest BCUT2D eigenvalue weighted by atomic mass is 9.87. The second kappa shape index (κ2) is 7.00. The molecule has 132 valence electrons. The molecule has 1 aromatic heterocycles. The van der Waals surface area contributed by atoms with Crippen molar-refractivity contribution in [1.29, 1.82) is 0 Å². The number of hydroxylamine groups is 2. The monoisotopic (exact) mass is 342 g/mol. The molecule has 1 aromatic carbocycles. The standard InChI is InChI=1S/C20H23FN2O2/c1-14-10-12-23(25-14)13-15-5-7-16(8-6-15)24-19-9-11-22-20-17(19)3-2-4-18(20)21/h2-4,9-11,15-16H,5-8,12-13H2,1H3. The Morgan fingerprint density at radius 3 is 2.84 bits per heavy atom. The first-order valence-corrected chi connectivity index (χ1v) is 8.98. The Bertz CT molecular complexity index is 784. The molecule has 1 aliphatic heterocycles. The summed E-state index contributed by atoms with van der Waals surface area (Å²) in [5, 5.41) is 2.79. The summed E-state index contributed by atoms with van der Waals surface area (Å²) in [6.45, 7) is 3.85. The number of fused-ring (bicyclic) bond motifs is 1. The zero-order valence-corrected chi connectivity index (χ0v) is 14.5. The normalized spacial score (nSPS) is 24.2. The van der Waals surface area contributed by atoms with Crippen molar-refractivity contribution in [2.75, 3.05) is 13.1 Å².